The number of hydrogen-bond acceptors (Lipinski definition) is 8. The summed E-state index contributed by atoms with van der Waals surface area (Å²) >= 11 is 12.0. The molecule has 0 spiro atoms. The number of nitriles is 1. The highest BCUT2D eigenvalue weighted by Crippen LogP contribution is 2.42. The molecule has 0 saturated carbocycles. The molecule has 11 heteroatoms. The molecule has 9 nitrogen and oxygen atoms in total. The predicted molar refractivity (Wildman–Crippen MR) is 134 cm³/mol. The minimum Gasteiger partial charge on any atom is -0.493 e. The van der Waals surface area contributed by atoms with Gasteiger partial charge in [0.2, 0.25) is 5.88 Å². The number of nitrogens with one attached hydrogen (secondary N) is 1. The van der Waals surface area contributed by atoms with Gasteiger partial charge in [-0.1, -0.05) is 29.3 Å². The van der Waals surface area contributed by atoms with E-state index in [-0.39, 0.29) is 52.5 Å². The molecule has 36 heavy (non-hydrogen) atoms. The van der Waals surface area contributed by atoms with Gasteiger partial charge in [0.15, 0.2) is 18.1 Å². The molecule has 0 bridgehead atoms. The van der Waals surface area contributed by atoms with Crippen LogP contribution in [-0.4, -0.2) is 32.2 Å². The van der Waals surface area contributed by atoms with Gasteiger partial charge >= 0.3 is 5.97 Å². The predicted octanol–water partition coefficient (Wildman–Crippen LogP) is 4.66. The van der Waals surface area contributed by atoms with Crippen molar-refractivity contribution in [3.05, 3.63) is 74.8 Å². The van der Waals surface area contributed by atoms with Gasteiger partial charge in [0, 0.05) is 5.02 Å². The molecule has 0 radical (unpaired) electrons. The van der Waals surface area contributed by atoms with Crippen molar-refractivity contribution in [2.24, 2.45) is 5.73 Å². The van der Waals surface area contributed by atoms with E-state index >= 15 is 0 Å². The first-order valence-electron chi connectivity index (χ1n) is 10.7. The maximum atomic E-state index is 12.7. The second kappa shape index (κ2) is 11.7. The third-order valence-electron chi connectivity index (χ3n) is 5.19. The van der Waals surface area contributed by atoms with Gasteiger partial charge in [0.05, 0.1) is 35.9 Å². The maximum Gasteiger partial charge on any atom is 0.338 e. The van der Waals surface area contributed by atoms with E-state index in [4.69, 9.17) is 47.9 Å². The normalized spacial score (nSPS) is 15.1. The summed E-state index contributed by atoms with van der Waals surface area (Å²) in [4.78, 5) is 25.1. The molecule has 1 atom stereocenters. The molecule has 188 valence electrons. The molecule has 1 aliphatic rings. The minimum atomic E-state index is -0.846. The molecule has 1 heterocycles. The lowest BCUT2D eigenvalue weighted by molar-refractivity contribution is -0.139. The molecule has 0 fully saturated rings. The highest BCUT2D eigenvalue weighted by molar-refractivity contribution is 6.36. The third-order valence-corrected chi connectivity index (χ3v) is 5.73. The zero-order valence-electron chi connectivity index (χ0n) is 19.7. The van der Waals surface area contributed by atoms with Gasteiger partial charge in [0.1, 0.15) is 17.4 Å². The van der Waals surface area contributed by atoms with Gasteiger partial charge in [-0.15, -0.1) is 0 Å². The Labute approximate surface area is 218 Å². The van der Waals surface area contributed by atoms with Crippen LogP contribution in [0.3, 0.4) is 0 Å². The summed E-state index contributed by atoms with van der Waals surface area (Å²) in [6.07, 6.45) is 0. The van der Waals surface area contributed by atoms with Crippen LogP contribution in [0.2, 0.25) is 10.0 Å². The van der Waals surface area contributed by atoms with Crippen LogP contribution in [0.15, 0.2) is 59.2 Å². The van der Waals surface area contributed by atoms with Gasteiger partial charge in [-0.05, 0) is 49.7 Å². The first kappa shape index (κ1) is 26.7. The highest BCUT2D eigenvalue weighted by Gasteiger charge is 2.36. The standard InChI is InChI=1S/C25H23Cl2N3O6/c1-4-34-25(32)22-13(2)36-24(29)16(11-28)23(22)14-5-8-19(20(9-14)33-3)35-12-21(31)30-18-7-6-15(26)10-17(18)27/h5-10,23H,4,12,29H2,1-3H3,(H,30,31). The number of benzene rings is 2. The molecule has 2 aromatic rings. The molecule has 1 amide bonds. The molecule has 0 aliphatic carbocycles. The molecule has 1 unspecified atom stereocenters. The summed E-state index contributed by atoms with van der Waals surface area (Å²) in [5.74, 6) is -1.28. The summed E-state index contributed by atoms with van der Waals surface area (Å²) < 4.78 is 21.7. The number of rotatable bonds is 8. The van der Waals surface area contributed by atoms with E-state index in [1.807, 2.05) is 6.07 Å². The number of ether oxygens (including phenoxy) is 4. The van der Waals surface area contributed by atoms with E-state index in [2.05, 4.69) is 5.32 Å². The fourth-order valence-electron chi connectivity index (χ4n) is 3.59. The molecular formula is C25H23Cl2N3O6. The van der Waals surface area contributed by atoms with E-state index in [1.54, 1.807) is 44.2 Å². The Morgan fingerprint density at radius 2 is 1.94 bits per heavy atom. The summed E-state index contributed by atoms with van der Waals surface area (Å²) in [6.45, 7) is 3.05. The molecule has 0 aromatic heterocycles. The van der Waals surface area contributed by atoms with Crippen LogP contribution >= 0.6 is 23.2 Å². The number of carbonyl (C=O) groups is 2. The summed E-state index contributed by atoms with van der Waals surface area (Å²) in [5, 5.41) is 13.1. The van der Waals surface area contributed by atoms with Crippen molar-refractivity contribution < 1.29 is 28.5 Å². The van der Waals surface area contributed by atoms with Gasteiger partial charge in [0.25, 0.3) is 5.91 Å². The average Bonchev–Trinajstić information content (AvgIpc) is 2.84. The fourth-order valence-corrected chi connectivity index (χ4v) is 4.05. The quantitative estimate of drug-likeness (QED) is 0.469. The Kier molecular flexibility index (Phi) is 8.69. The lowest BCUT2D eigenvalue weighted by Gasteiger charge is -2.27. The number of hydrogen-bond donors (Lipinski definition) is 2. The van der Waals surface area contributed by atoms with Gasteiger partial charge in [-0.25, -0.2) is 4.79 Å². The Balaban J connectivity index is 1.86. The Morgan fingerprint density at radius 3 is 2.58 bits per heavy atom. The van der Waals surface area contributed by atoms with Crippen molar-refractivity contribution in [1.82, 2.24) is 0 Å². The second-order valence-corrected chi connectivity index (χ2v) is 8.33. The number of esters is 1. The number of nitrogens with two attached hydrogens (primary N) is 1. The Bertz CT molecular complexity index is 1300. The number of carbonyl (C=O) groups excluding carboxylic acids is 2. The van der Waals surface area contributed by atoms with Crippen molar-refractivity contribution in [3.63, 3.8) is 0 Å². The van der Waals surface area contributed by atoms with Crippen molar-refractivity contribution in [3.8, 4) is 17.6 Å². The van der Waals surface area contributed by atoms with E-state index in [9.17, 15) is 14.9 Å². The average molecular weight is 532 g/mol. The third kappa shape index (κ3) is 5.85. The van der Waals surface area contributed by atoms with E-state index in [0.717, 1.165) is 0 Å². The number of amides is 1. The molecule has 1 aliphatic heterocycles. The monoisotopic (exact) mass is 531 g/mol. The SMILES string of the molecule is CCOC(=O)C1=C(C)OC(N)=C(C#N)C1c1ccc(OCC(=O)Nc2ccc(Cl)cc2Cl)c(OC)c1. The van der Waals surface area contributed by atoms with Crippen LogP contribution in [0.5, 0.6) is 11.5 Å². The number of nitrogens with zero attached hydrogens (tertiary/aromatic N) is 1. The van der Waals surface area contributed by atoms with Crippen molar-refractivity contribution >= 4 is 40.8 Å². The summed E-state index contributed by atoms with van der Waals surface area (Å²) in [6, 6.07) is 11.5. The van der Waals surface area contributed by atoms with Gasteiger partial charge in [-0.3, -0.25) is 4.79 Å². The van der Waals surface area contributed by atoms with Crippen LogP contribution in [0.25, 0.3) is 0 Å². The highest BCUT2D eigenvalue weighted by atomic mass is 35.5. The first-order chi connectivity index (χ1) is 17.2. The maximum absolute atomic E-state index is 12.7. The second-order valence-electron chi connectivity index (χ2n) is 7.49. The van der Waals surface area contributed by atoms with Crippen LogP contribution in [-0.2, 0) is 19.1 Å². The van der Waals surface area contributed by atoms with Gasteiger partial charge in [-0.2, -0.15) is 5.26 Å². The number of allylic oxidation sites excluding steroid dienone is 2. The topological polar surface area (TPSA) is 133 Å². The fraction of sp³-hybridized carbons (Fsp3) is 0.240. The zero-order chi connectivity index (χ0) is 26.4. The number of methoxy groups -OCH3 is 1. The molecule has 3 N–H and O–H groups in total. The summed E-state index contributed by atoms with van der Waals surface area (Å²) in [7, 11) is 1.42. The number of halogens is 2. The van der Waals surface area contributed by atoms with Crippen LogP contribution in [0.1, 0.15) is 25.3 Å². The van der Waals surface area contributed by atoms with Crippen molar-refractivity contribution in [2.75, 3.05) is 25.6 Å². The lowest BCUT2D eigenvalue weighted by atomic mass is 9.83. The molecule has 3 rings (SSSR count). The van der Waals surface area contributed by atoms with Crippen LogP contribution in [0, 0.1) is 11.3 Å². The lowest BCUT2D eigenvalue weighted by Crippen LogP contribution is -2.25. The van der Waals surface area contributed by atoms with E-state index < -0.39 is 17.8 Å². The van der Waals surface area contributed by atoms with Crippen LogP contribution in [0.4, 0.5) is 5.69 Å². The zero-order valence-corrected chi connectivity index (χ0v) is 21.2. The van der Waals surface area contributed by atoms with Crippen LogP contribution < -0.4 is 20.5 Å². The van der Waals surface area contributed by atoms with E-state index in [0.29, 0.717) is 16.3 Å². The largest absolute Gasteiger partial charge is 0.493 e. The van der Waals surface area contributed by atoms with E-state index in [1.165, 1.54) is 13.2 Å². The Hall–Kier alpha value is -3.87. The molecule has 2 aromatic carbocycles. The molecule has 0 saturated heterocycles. The van der Waals surface area contributed by atoms with Gasteiger partial charge < -0.3 is 30.0 Å². The minimum absolute atomic E-state index is 0.0543. The molecular weight excluding hydrogens is 509 g/mol. The van der Waals surface area contributed by atoms with Crippen molar-refractivity contribution in [2.45, 2.75) is 19.8 Å². The number of anilines is 1. The Morgan fingerprint density at radius 1 is 1.19 bits per heavy atom. The smallest absolute Gasteiger partial charge is 0.338 e. The van der Waals surface area contributed by atoms with Crippen molar-refractivity contribution in [1.29, 1.82) is 5.26 Å². The summed E-state index contributed by atoms with van der Waals surface area (Å²) in [5.41, 5.74) is 7.05. The first-order valence-corrected chi connectivity index (χ1v) is 11.5.